The predicted octanol–water partition coefficient (Wildman–Crippen LogP) is 3.21. The number of halogens is 6. The number of hydrogen-bond acceptors (Lipinski definition) is 2. The van der Waals surface area contributed by atoms with Gasteiger partial charge in [0.1, 0.15) is 0 Å². The summed E-state index contributed by atoms with van der Waals surface area (Å²) in [6.07, 6.45) is -10.0. The molecule has 1 N–H and O–H groups in total. The molecule has 112 valence electrons. The van der Waals surface area contributed by atoms with Crippen LogP contribution in [0.5, 0.6) is 0 Å². The predicted molar refractivity (Wildman–Crippen MR) is 57.9 cm³/mol. The van der Waals surface area contributed by atoms with Crippen molar-refractivity contribution in [3.63, 3.8) is 0 Å². The summed E-state index contributed by atoms with van der Waals surface area (Å²) in [5.74, 6) is 0. The van der Waals surface area contributed by atoms with E-state index in [0.717, 1.165) is 12.1 Å². The van der Waals surface area contributed by atoms with E-state index in [9.17, 15) is 26.3 Å². The van der Waals surface area contributed by atoms with Crippen molar-refractivity contribution >= 4 is 0 Å². The Morgan fingerprint density at radius 1 is 1.00 bits per heavy atom. The van der Waals surface area contributed by atoms with Crippen LogP contribution in [0.15, 0.2) is 18.2 Å². The maximum Gasteiger partial charge on any atom is 0.416 e. The molecular formula is C12H11F6NO. The molecule has 1 atom stereocenters. The van der Waals surface area contributed by atoms with Gasteiger partial charge in [0.15, 0.2) is 0 Å². The molecule has 1 aromatic carbocycles. The number of hydrogen-bond donors (Lipinski definition) is 1. The zero-order valence-electron chi connectivity index (χ0n) is 10.1. The van der Waals surface area contributed by atoms with Crippen molar-refractivity contribution in [2.24, 2.45) is 0 Å². The second kappa shape index (κ2) is 5.25. The summed E-state index contributed by atoms with van der Waals surface area (Å²) in [4.78, 5) is 0. The van der Waals surface area contributed by atoms with Crippen LogP contribution in [-0.4, -0.2) is 19.4 Å². The van der Waals surface area contributed by atoms with E-state index in [1.165, 1.54) is 0 Å². The maximum absolute atomic E-state index is 12.6. The van der Waals surface area contributed by atoms with Gasteiger partial charge in [-0.3, -0.25) is 5.32 Å². The Morgan fingerprint density at radius 2 is 1.55 bits per heavy atom. The van der Waals surface area contributed by atoms with Crippen LogP contribution in [0.25, 0.3) is 0 Å². The van der Waals surface area contributed by atoms with Crippen molar-refractivity contribution in [3.8, 4) is 0 Å². The minimum Gasteiger partial charge on any atom is -0.361 e. The Bertz CT molecular complexity index is 444. The summed E-state index contributed by atoms with van der Waals surface area (Å²) in [6.45, 7) is 0.646. The van der Waals surface area contributed by atoms with Crippen molar-refractivity contribution in [2.75, 3.05) is 13.3 Å². The van der Waals surface area contributed by atoms with Crippen LogP contribution in [0.4, 0.5) is 26.3 Å². The monoisotopic (exact) mass is 299 g/mol. The summed E-state index contributed by atoms with van der Waals surface area (Å²) in [5, 5.41) is 2.82. The van der Waals surface area contributed by atoms with Gasteiger partial charge in [-0.15, -0.1) is 0 Å². The van der Waals surface area contributed by atoms with Gasteiger partial charge in [0.2, 0.25) is 0 Å². The zero-order valence-corrected chi connectivity index (χ0v) is 10.1. The third-order valence-electron chi connectivity index (χ3n) is 2.90. The van der Waals surface area contributed by atoms with E-state index in [1.54, 1.807) is 0 Å². The third kappa shape index (κ3) is 3.63. The molecule has 1 unspecified atom stereocenters. The molecule has 0 saturated carbocycles. The van der Waals surface area contributed by atoms with Crippen molar-refractivity contribution < 1.29 is 31.1 Å². The van der Waals surface area contributed by atoms with Crippen molar-refractivity contribution in [3.05, 3.63) is 34.9 Å². The summed E-state index contributed by atoms with van der Waals surface area (Å²) < 4.78 is 81.0. The van der Waals surface area contributed by atoms with Gasteiger partial charge in [0.25, 0.3) is 0 Å². The van der Waals surface area contributed by atoms with Gasteiger partial charge in [-0.1, -0.05) is 0 Å². The van der Waals surface area contributed by atoms with Crippen LogP contribution in [0.3, 0.4) is 0 Å². The summed E-state index contributed by atoms with van der Waals surface area (Å²) in [6, 6.07) is 1.59. The molecular weight excluding hydrogens is 288 g/mol. The Hall–Kier alpha value is -1.28. The Kier molecular flexibility index (Phi) is 3.97. The van der Waals surface area contributed by atoms with E-state index >= 15 is 0 Å². The van der Waals surface area contributed by atoms with Crippen molar-refractivity contribution in [1.82, 2.24) is 5.32 Å². The quantitative estimate of drug-likeness (QED) is 0.847. The molecule has 0 aliphatic carbocycles. The molecule has 20 heavy (non-hydrogen) atoms. The topological polar surface area (TPSA) is 21.3 Å². The van der Waals surface area contributed by atoms with E-state index in [1.807, 2.05) is 0 Å². The van der Waals surface area contributed by atoms with Crippen LogP contribution in [0, 0.1) is 0 Å². The van der Waals surface area contributed by atoms with E-state index < -0.39 is 29.6 Å². The van der Waals surface area contributed by atoms with Gasteiger partial charge in [-0.05, 0) is 30.2 Å². The van der Waals surface area contributed by atoms with Crippen LogP contribution in [-0.2, 0) is 23.5 Å². The molecule has 0 bridgehead atoms. The van der Waals surface area contributed by atoms with Gasteiger partial charge < -0.3 is 4.74 Å². The van der Waals surface area contributed by atoms with Gasteiger partial charge >= 0.3 is 12.4 Å². The average Bonchev–Trinajstić information content (AvgIpc) is 2.79. The van der Waals surface area contributed by atoms with Crippen molar-refractivity contribution in [1.29, 1.82) is 0 Å². The van der Waals surface area contributed by atoms with E-state index in [-0.39, 0.29) is 24.8 Å². The molecule has 0 spiro atoms. The first kappa shape index (κ1) is 15.1. The standard InChI is InChI=1S/C12H11F6NO/c13-11(14,15)8-1-7(3-10-5-19-6-20-10)2-9(4-8)12(16,17)18/h1-2,4,10,19H,3,5-6H2. The van der Waals surface area contributed by atoms with Crippen LogP contribution in [0.2, 0.25) is 0 Å². The lowest BCUT2D eigenvalue weighted by Gasteiger charge is -2.15. The normalized spacial score (nSPS) is 20.4. The number of ether oxygens (including phenoxy) is 1. The number of benzene rings is 1. The largest absolute Gasteiger partial charge is 0.416 e. The molecule has 1 aliphatic heterocycles. The lowest BCUT2D eigenvalue weighted by Crippen LogP contribution is -2.18. The molecule has 1 aliphatic rings. The van der Waals surface area contributed by atoms with E-state index in [4.69, 9.17) is 4.74 Å². The number of rotatable bonds is 2. The second-order valence-corrected chi connectivity index (χ2v) is 4.51. The second-order valence-electron chi connectivity index (χ2n) is 4.51. The third-order valence-corrected chi connectivity index (χ3v) is 2.90. The molecule has 1 saturated heterocycles. The fourth-order valence-corrected chi connectivity index (χ4v) is 1.99. The van der Waals surface area contributed by atoms with E-state index in [0.29, 0.717) is 6.54 Å². The summed E-state index contributed by atoms with van der Waals surface area (Å²) in [5.41, 5.74) is -2.64. The lowest BCUT2D eigenvalue weighted by molar-refractivity contribution is -0.143. The molecule has 0 aromatic heterocycles. The fraction of sp³-hybridized carbons (Fsp3) is 0.500. The minimum absolute atomic E-state index is 0. The zero-order chi connectivity index (χ0) is 15.0. The smallest absolute Gasteiger partial charge is 0.361 e. The maximum atomic E-state index is 12.6. The molecule has 0 radical (unpaired) electrons. The van der Waals surface area contributed by atoms with Crippen LogP contribution < -0.4 is 5.32 Å². The Labute approximate surface area is 110 Å². The van der Waals surface area contributed by atoms with Gasteiger partial charge in [0.05, 0.1) is 24.0 Å². The molecule has 2 nitrogen and oxygen atoms in total. The van der Waals surface area contributed by atoms with Gasteiger partial charge in [0, 0.05) is 6.54 Å². The highest BCUT2D eigenvalue weighted by Crippen LogP contribution is 2.36. The first-order valence-electron chi connectivity index (χ1n) is 5.77. The van der Waals surface area contributed by atoms with Crippen LogP contribution >= 0.6 is 0 Å². The molecule has 2 rings (SSSR count). The van der Waals surface area contributed by atoms with Crippen molar-refractivity contribution in [2.45, 2.75) is 24.9 Å². The molecule has 1 fully saturated rings. The Morgan fingerprint density at radius 3 is 1.95 bits per heavy atom. The SMILES string of the molecule is FC(F)(F)c1cc(CC2CNCO2)cc(C(F)(F)F)c1. The molecule has 1 aromatic rings. The first-order chi connectivity index (χ1) is 9.16. The highest BCUT2D eigenvalue weighted by molar-refractivity contribution is 5.34. The van der Waals surface area contributed by atoms with E-state index in [2.05, 4.69) is 5.32 Å². The Balaban J connectivity index is 2.34. The highest BCUT2D eigenvalue weighted by atomic mass is 19.4. The summed E-state index contributed by atoms with van der Waals surface area (Å²) >= 11 is 0. The fourth-order valence-electron chi connectivity index (χ4n) is 1.99. The number of nitrogens with one attached hydrogen (secondary N) is 1. The number of alkyl halides is 6. The van der Waals surface area contributed by atoms with Gasteiger partial charge in [-0.25, -0.2) is 0 Å². The summed E-state index contributed by atoms with van der Waals surface area (Å²) in [7, 11) is 0. The minimum atomic E-state index is -4.81. The molecule has 1 heterocycles. The molecule has 8 heteroatoms. The first-order valence-corrected chi connectivity index (χ1v) is 5.77. The average molecular weight is 299 g/mol. The molecule has 0 amide bonds. The lowest BCUT2D eigenvalue weighted by atomic mass is 10.0. The van der Waals surface area contributed by atoms with Gasteiger partial charge in [-0.2, -0.15) is 26.3 Å². The highest BCUT2D eigenvalue weighted by Gasteiger charge is 2.37. The van der Waals surface area contributed by atoms with Crippen LogP contribution in [0.1, 0.15) is 16.7 Å².